The lowest BCUT2D eigenvalue weighted by atomic mass is 9.97. The standard InChI is InChI=1S/C27H35N3O3S2/c1-3-4-5-6-7-10-16-30-26(32)24-21-14-8-9-15-22(21)35-25(24)29-27(30)34-18-23(31)28-19-12-11-13-20(17-19)33-2/h11-13,17H,3-10,14-16,18H2,1-2H3,(H,28,31). The lowest BCUT2D eigenvalue weighted by Crippen LogP contribution is -2.25. The summed E-state index contributed by atoms with van der Waals surface area (Å²) in [6.07, 6.45) is 11.3. The molecule has 0 spiro atoms. The molecule has 3 aromatic rings. The number of anilines is 1. The number of unbranched alkanes of at least 4 members (excludes halogenated alkanes) is 5. The molecule has 0 atom stereocenters. The Morgan fingerprint density at radius 2 is 1.97 bits per heavy atom. The van der Waals surface area contributed by atoms with Crippen molar-refractivity contribution in [2.45, 2.75) is 82.8 Å². The zero-order chi connectivity index (χ0) is 24.6. The van der Waals surface area contributed by atoms with Crippen LogP contribution in [-0.4, -0.2) is 28.3 Å². The van der Waals surface area contributed by atoms with Crippen LogP contribution in [0.15, 0.2) is 34.2 Å². The van der Waals surface area contributed by atoms with Gasteiger partial charge in [-0.3, -0.25) is 14.2 Å². The van der Waals surface area contributed by atoms with E-state index in [0.29, 0.717) is 23.1 Å². The molecule has 1 N–H and O–H groups in total. The predicted molar refractivity (Wildman–Crippen MR) is 146 cm³/mol. The SMILES string of the molecule is CCCCCCCCn1c(SCC(=O)Nc2cccc(OC)c2)nc2sc3c(c2c1=O)CCCC3. The molecule has 2 heterocycles. The van der Waals surface area contributed by atoms with Crippen LogP contribution in [0.2, 0.25) is 0 Å². The third kappa shape index (κ3) is 6.47. The molecule has 188 valence electrons. The molecule has 0 radical (unpaired) electrons. The Morgan fingerprint density at radius 3 is 2.80 bits per heavy atom. The summed E-state index contributed by atoms with van der Waals surface area (Å²) in [5.74, 6) is 0.753. The summed E-state index contributed by atoms with van der Waals surface area (Å²) < 4.78 is 7.06. The quantitative estimate of drug-likeness (QED) is 0.171. The second kappa shape index (κ2) is 12.6. The van der Waals surface area contributed by atoms with Crippen molar-refractivity contribution in [2.75, 3.05) is 18.2 Å². The van der Waals surface area contributed by atoms with Crippen molar-refractivity contribution >= 4 is 44.9 Å². The van der Waals surface area contributed by atoms with Gasteiger partial charge in [0.25, 0.3) is 5.56 Å². The number of hydrogen-bond acceptors (Lipinski definition) is 6. The molecule has 1 aliphatic carbocycles. The number of nitrogens with one attached hydrogen (secondary N) is 1. The van der Waals surface area contributed by atoms with Gasteiger partial charge in [-0.1, -0.05) is 56.9 Å². The van der Waals surface area contributed by atoms with Crippen LogP contribution in [0.25, 0.3) is 10.2 Å². The van der Waals surface area contributed by atoms with Crippen LogP contribution >= 0.6 is 23.1 Å². The number of hydrogen-bond donors (Lipinski definition) is 1. The van der Waals surface area contributed by atoms with Crippen molar-refractivity contribution in [3.8, 4) is 5.75 Å². The highest BCUT2D eigenvalue weighted by Gasteiger charge is 2.22. The maximum Gasteiger partial charge on any atom is 0.263 e. The van der Waals surface area contributed by atoms with Gasteiger partial charge in [0, 0.05) is 23.2 Å². The van der Waals surface area contributed by atoms with Crippen molar-refractivity contribution in [3.05, 3.63) is 45.1 Å². The Kier molecular flexibility index (Phi) is 9.26. The molecule has 4 rings (SSSR count). The number of amides is 1. The number of thioether (sulfide) groups is 1. The van der Waals surface area contributed by atoms with Crippen LogP contribution in [0.3, 0.4) is 0 Å². The number of methoxy groups -OCH3 is 1. The van der Waals surface area contributed by atoms with E-state index < -0.39 is 0 Å². The van der Waals surface area contributed by atoms with E-state index in [2.05, 4.69) is 12.2 Å². The van der Waals surface area contributed by atoms with Gasteiger partial charge in [-0.05, 0) is 49.8 Å². The van der Waals surface area contributed by atoms with Crippen molar-refractivity contribution in [1.82, 2.24) is 9.55 Å². The Bertz CT molecular complexity index is 1220. The van der Waals surface area contributed by atoms with Crippen molar-refractivity contribution in [1.29, 1.82) is 0 Å². The predicted octanol–water partition coefficient (Wildman–Crippen LogP) is 6.44. The minimum absolute atomic E-state index is 0.0682. The van der Waals surface area contributed by atoms with Gasteiger partial charge < -0.3 is 10.1 Å². The van der Waals surface area contributed by atoms with Gasteiger partial charge in [0.15, 0.2) is 5.16 Å². The van der Waals surface area contributed by atoms with E-state index in [1.165, 1.54) is 54.3 Å². The summed E-state index contributed by atoms with van der Waals surface area (Å²) in [6, 6.07) is 7.30. The number of aryl methyl sites for hydroxylation is 2. The first-order valence-corrected chi connectivity index (χ1v) is 14.5. The van der Waals surface area contributed by atoms with Crippen molar-refractivity contribution in [3.63, 3.8) is 0 Å². The second-order valence-electron chi connectivity index (χ2n) is 9.08. The highest BCUT2D eigenvalue weighted by atomic mass is 32.2. The highest BCUT2D eigenvalue weighted by Crippen LogP contribution is 2.34. The van der Waals surface area contributed by atoms with Gasteiger partial charge in [0.2, 0.25) is 5.91 Å². The molecule has 0 aliphatic heterocycles. The van der Waals surface area contributed by atoms with Crippen molar-refractivity contribution < 1.29 is 9.53 Å². The molecule has 0 saturated heterocycles. The number of thiophene rings is 1. The molecule has 0 unspecified atom stereocenters. The maximum absolute atomic E-state index is 13.7. The Hall–Kier alpha value is -2.32. The van der Waals surface area contributed by atoms with E-state index in [1.807, 2.05) is 22.8 Å². The van der Waals surface area contributed by atoms with Crippen LogP contribution in [0, 0.1) is 0 Å². The molecule has 8 heteroatoms. The molecule has 0 fully saturated rings. The third-order valence-corrected chi connectivity index (χ3v) is 8.62. The van der Waals surface area contributed by atoms with Gasteiger partial charge >= 0.3 is 0 Å². The first kappa shape index (κ1) is 25.8. The second-order valence-corrected chi connectivity index (χ2v) is 11.1. The Morgan fingerprint density at radius 1 is 1.17 bits per heavy atom. The number of ether oxygens (including phenoxy) is 1. The number of rotatable bonds is 12. The van der Waals surface area contributed by atoms with Crippen LogP contribution in [-0.2, 0) is 24.2 Å². The molecular formula is C27H35N3O3S2. The average molecular weight is 514 g/mol. The van der Waals surface area contributed by atoms with E-state index in [4.69, 9.17) is 9.72 Å². The van der Waals surface area contributed by atoms with Gasteiger partial charge in [-0.25, -0.2) is 4.98 Å². The summed E-state index contributed by atoms with van der Waals surface area (Å²) in [4.78, 5) is 33.4. The lowest BCUT2D eigenvalue weighted by Gasteiger charge is -2.14. The minimum atomic E-state index is -0.130. The van der Waals surface area contributed by atoms with Gasteiger partial charge in [0.05, 0.1) is 18.2 Å². The van der Waals surface area contributed by atoms with E-state index in [0.717, 1.165) is 42.3 Å². The van der Waals surface area contributed by atoms with Gasteiger partial charge in [-0.15, -0.1) is 11.3 Å². The van der Waals surface area contributed by atoms with E-state index >= 15 is 0 Å². The summed E-state index contributed by atoms with van der Waals surface area (Å²) in [7, 11) is 1.60. The van der Waals surface area contributed by atoms with Crippen LogP contribution in [0.1, 0.15) is 68.7 Å². The molecular weight excluding hydrogens is 478 g/mol. The fourth-order valence-corrected chi connectivity index (χ4v) is 6.73. The number of benzene rings is 1. The monoisotopic (exact) mass is 513 g/mol. The Balaban J connectivity index is 1.52. The fraction of sp³-hybridized carbons (Fsp3) is 0.519. The molecule has 1 aromatic carbocycles. The number of fused-ring (bicyclic) bond motifs is 3. The first-order chi connectivity index (χ1) is 17.1. The van der Waals surface area contributed by atoms with Gasteiger partial charge in [0.1, 0.15) is 10.6 Å². The maximum atomic E-state index is 13.7. The van der Waals surface area contributed by atoms with Crippen molar-refractivity contribution in [2.24, 2.45) is 0 Å². The summed E-state index contributed by atoms with van der Waals surface area (Å²) in [6.45, 7) is 2.87. The van der Waals surface area contributed by atoms with Gasteiger partial charge in [-0.2, -0.15) is 0 Å². The average Bonchev–Trinajstić information content (AvgIpc) is 3.24. The Labute approximate surface area is 215 Å². The molecule has 1 aliphatic rings. The van der Waals surface area contributed by atoms with E-state index in [9.17, 15) is 9.59 Å². The molecule has 0 bridgehead atoms. The van der Waals surface area contributed by atoms with Crippen LogP contribution < -0.4 is 15.6 Å². The fourth-order valence-electron chi connectivity index (χ4n) is 4.61. The summed E-state index contributed by atoms with van der Waals surface area (Å²) >= 11 is 3.01. The lowest BCUT2D eigenvalue weighted by molar-refractivity contribution is -0.113. The van der Waals surface area contributed by atoms with Crippen LogP contribution in [0.4, 0.5) is 5.69 Å². The third-order valence-electron chi connectivity index (χ3n) is 6.46. The van der Waals surface area contributed by atoms with Crippen LogP contribution in [0.5, 0.6) is 5.75 Å². The zero-order valence-electron chi connectivity index (χ0n) is 20.7. The summed E-state index contributed by atoms with van der Waals surface area (Å²) in [5, 5.41) is 4.39. The molecule has 2 aromatic heterocycles. The number of carbonyl (C=O) groups excluding carboxylic acids is 1. The minimum Gasteiger partial charge on any atom is -0.497 e. The number of nitrogens with zero attached hydrogens (tertiary/aromatic N) is 2. The van der Waals surface area contributed by atoms with E-state index in [1.54, 1.807) is 24.5 Å². The summed E-state index contributed by atoms with van der Waals surface area (Å²) in [5.41, 5.74) is 1.98. The topological polar surface area (TPSA) is 73.2 Å². The van der Waals surface area contributed by atoms with E-state index in [-0.39, 0.29) is 17.2 Å². The molecule has 1 amide bonds. The normalized spacial score (nSPS) is 13.1. The number of aromatic nitrogens is 2. The highest BCUT2D eigenvalue weighted by molar-refractivity contribution is 7.99. The molecule has 35 heavy (non-hydrogen) atoms. The first-order valence-electron chi connectivity index (χ1n) is 12.7. The largest absolute Gasteiger partial charge is 0.497 e. The smallest absolute Gasteiger partial charge is 0.263 e. The zero-order valence-corrected chi connectivity index (χ0v) is 22.4. The molecule has 0 saturated carbocycles. The number of carbonyl (C=O) groups is 1. The molecule has 6 nitrogen and oxygen atoms in total.